The summed E-state index contributed by atoms with van der Waals surface area (Å²) >= 11 is 0. The lowest BCUT2D eigenvalue weighted by atomic mass is 9.87. The Morgan fingerprint density at radius 3 is 2.49 bits per heavy atom. The number of rotatable bonds is 5. The lowest BCUT2D eigenvalue weighted by molar-refractivity contribution is -0.112. The van der Waals surface area contributed by atoms with Gasteiger partial charge in [-0.15, -0.1) is 0 Å². The third kappa shape index (κ3) is 5.60. The van der Waals surface area contributed by atoms with Crippen LogP contribution < -0.4 is 15.6 Å². The number of nitrogens with one attached hydrogen (secondary N) is 1. The van der Waals surface area contributed by atoms with Gasteiger partial charge in [0.2, 0.25) is 5.88 Å². The topological polar surface area (TPSA) is 96.5 Å². The number of anilines is 1. The number of aromatic nitrogens is 2. The van der Waals surface area contributed by atoms with Crippen LogP contribution in [-0.4, -0.2) is 15.3 Å². The summed E-state index contributed by atoms with van der Waals surface area (Å²) in [6.07, 6.45) is 2.81. The minimum atomic E-state index is -0.630. The Labute approximate surface area is 215 Å². The maximum Gasteiger partial charge on any atom is 0.269 e. The molecule has 0 bridgehead atoms. The number of carbonyl (C=O) groups excluding carboxylic acids is 1. The van der Waals surface area contributed by atoms with E-state index in [4.69, 9.17) is 4.74 Å². The Kier molecular flexibility index (Phi) is 6.94. The van der Waals surface area contributed by atoms with Crippen LogP contribution in [0.4, 0.5) is 5.69 Å². The molecule has 0 unspecified atom stereocenters. The second-order valence-electron chi connectivity index (χ2n) is 9.88. The lowest BCUT2D eigenvalue weighted by Crippen LogP contribution is -2.20. The van der Waals surface area contributed by atoms with Crippen molar-refractivity contribution in [2.24, 2.45) is 0 Å². The first-order valence-corrected chi connectivity index (χ1v) is 11.9. The van der Waals surface area contributed by atoms with Crippen LogP contribution in [0.5, 0.6) is 11.6 Å². The summed E-state index contributed by atoms with van der Waals surface area (Å²) in [5, 5.41) is 12.6. The number of nitriles is 1. The van der Waals surface area contributed by atoms with Gasteiger partial charge in [0.15, 0.2) is 0 Å². The van der Waals surface area contributed by atoms with Crippen molar-refractivity contribution in [2.45, 2.75) is 40.0 Å². The first kappa shape index (κ1) is 25.4. The van der Waals surface area contributed by atoms with E-state index in [1.807, 2.05) is 50.2 Å². The molecule has 7 heteroatoms. The zero-order valence-corrected chi connectivity index (χ0v) is 21.5. The standard InChI is InChI=1S/C30H28N4O3/c1-19-9-10-20(2)25(16-19)32-27(35)21(18-31)17-24-28(33-26-8-6-7-15-34(26)29(24)36)37-23-13-11-22(12-14-23)30(3,4)5/h6-17H,1-5H3,(H,32,35)/b21-17-. The van der Waals surface area contributed by atoms with Gasteiger partial charge in [0.25, 0.3) is 11.5 Å². The number of fused-ring (bicyclic) bond motifs is 1. The molecule has 7 nitrogen and oxygen atoms in total. The van der Waals surface area contributed by atoms with E-state index in [2.05, 4.69) is 31.1 Å². The number of nitrogens with zero attached hydrogens (tertiary/aromatic N) is 3. The zero-order chi connectivity index (χ0) is 26.7. The van der Waals surface area contributed by atoms with E-state index in [-0.39, 0.29) is 22.4 Å². The number of ether oxygens (including phenoxy) is 1. The molecule has 186 valence electrons. The first-order valence-electron chi connectivity index (χ1n) is 11.9. The number of hydrogen-bond donors (Lipinski definition) is 1. The summed E-state index contributed by atoms with van der Waals surface area (Å²) in [5.41, 5.74) is 3.18. The second-order valence-corrected chi connectivity index (χ2v) is 9.88. The Balaban J connectivity index is 1.78. The molecule has 0 fully saturated rings. The lowest BCUT2D eigenvalue weighted by Gasteiger charge is -2.19. The van der Waals surface area contributed by atoms with Crippen LogP contribution >= 0.6 is 0 Å². The van der Waals surface area contributed by atoms with Gasteiger partial charge in [0, 0.05) is 11.9 Å². The molecule has 0 atom stereocenters. The van der Waals surface area contributed by atoms with Gasteiger partial charge in [-0.2, -0.15) is 10.2 Å². The molecule has 0 saturated carbocycles. The average Bonchev–Trinajstić information content (AvgIpc) is 2.86. The highest BCUT2D eigenvalue weighted by molar-refractivity contribution is 6.10. The minimum absolute atomic E-state index is 0.00346. The monoisotopic (exact) mass is 492 g/mol. The van der Waals surface area contributed by atoms with Crippen LogP contribution in [0.1, 0.15) is 43.0 Å². The predicted octanol–water partition coefficient (Wildman–Crippen LogP) is 5.95. The van der Waals surface area contributed by atoms with E-state index in [1.54, 1.807) is 36.5 Å². The summed E-state index contributed by atoms with van der Waals surface area (Å²) in [6.45, 7) is 10.1. The summed E-state index contributed by atoms with van der Waals surface area (Å²) in [6, 6.07) is 20.2. The molecule has 4 rings (SSSR count). The number of amides is 1. The van der Waals surface area contributed by atoms with E-state index < -0.39 is 11.5 Å². The predicted molar refractivity (Wildman–Crippen MR) is 145 cm³/mol. The van der Waals surface area contributed by atoms with Gasteiger partial charge in [-0.1, -0.05) is 51.1 Å². The largest absolute Gasteiger partial charge is 0.438 e. The molecular weight excluding hydrogens is 464 g/mol. The zero-order valence-electron chi connectivity index (χ0n) is 21.5. The molecule has 2 aromatic heterocycles. The van der Waals surface area contributed by atoms with Crippen molar-refractivity contribution in [3.8, 4) is 17.7 Å². The SMILES string of the molecule is Cc1ccc(C)c(NC(=O)/C(C#N)=C\c2c(Oc3ccc(C(C)(C)C)cc3)nc3ccccn3c2=O)c1. The van der Waals surface area contributed by atoms with Crippen LogP contribution in [0.3, 0.4) is 0 Å². The van der Waals surface area contributed by atoms with Crippen molar-refractivity contribution in [3.05, 3.63) is 105 Å². The van der Waals surface area contributed by atoms with Crippen LogP contribution in [-0.2, 0) is 10.2 Å². The Hall–Kier alpha value is -4.70. The van der Waals surface area contributed by atoms with Crippen molar-refractivity contribution >= 4 is 23.3 Å². The van der Waals surface area contributed by atoms with Gasteiger partial charge < -0.3 is 10.1 Å². The second kappa shape index (κ2) is 10.1. The maximum absolute atomic E-state index is 13.4. The highest BCUT2D eigenvalue weighted by Gasteiger charge is 2.19. The van der Waals surface area contributed by atoms with Crippen molar-refractivity contribution in [3.63, 3.8) is 0 Å². The number of hydrogen-bond acceptors (Lipinski definition) is 5. The normalized spacial score (nSPS) is 11.7. The molecular formula is C30H28N4O3. The van der Waals surface area contributed by atoms with E-state index in [9.17, 15) is 14.9 Å². The van der Waals surface area contributed by atoms with E-state index in [0.29, 0.717) is 17.1 Å². The number of carbonyl (C=O) groups is 1. The quantitative estimate of drug-likeness (QED) is 0.274. The number of benzene rings is 2. The highest BCUT2D eigenvalue weighted by atomic mass is 16.5. The Bertz CT molecular complexity index is 1620. The van der Waals surface area contributed by atoms with Gasteiger partial charge in [0.1, 0.15) is 28.6 Å². The summed E-state index contributed by atoms with van der Waals surface area (Å²) < 4.78 is 7.38. The molecule has 0 saturated heterocycles. The first-order chi connectivity index (χ1) is 17.6. The molecule has 0 aliphatic carbocycles. The molecule has 2 heterocycles. The van der Waals surface area contributed by atoms with Gasteiger partial charge in [0.05, 0.1) is 0 Å². The molecule has 1 N–H and O–H groups in total. The maximum atomic E-state index is 13.4. The summed E-state index contributed by atoms with van der Waals surface area (Å²) in [7, 11) is 0. The molecule has 2 aromatic carbocycles. The molecule has 0 radical (unpaired) electrons. The van der Waals surface area contributed by atoms with Gasteiger partial charge in [-0.3, -0.25) is 14.0 Å². The van der Waals surface area contributed by atoms with Crippen LogP contribution in [0, 0.1) is 25.2 Å². The van der Waals surface area contributed by atoms with Crippen molar-refractivity contribution in [2.75, 3.05) is 5.32 Å². The summed E-state index contributed by atoms with van der Waals surface area (Å²) in [4.78, 5) is 30.9. The molecule has 4 aromatic rings. The molecule has 37 heavy (non-hydrogen) atoms. The Morgan fingerprint density at radius 2 is 1.81 bits per heavy atom. The number of pyridine rings is 1. The van der Waals surface area contributed by atoms with Crippen LogP contribution in [0.15, 0.2) is 77.2 Å². The van der Waals surface area contributed by atoms with Crippen LogP contribution in [0.25, 0.3) is 11.7 Å². The molecule has 0 aliphatic rings. The van der Waals surface area contributed by atoms with E-state index in [1.165, 1.54) is 10.5 Å². The van der Waals surface area contributed by atoms with Gasteiger partial charge in [-0.05, 0) is 72.4 Å². The van der Waals surface area contributed by atoms with E-state index >= 15 is 0 Å². The average molecular weight is 493 g/mol. The molecule has 0 spiro atoms. The smallest absolute Gasteiger partial charge is 0.269 e. The minimum Gasteiger partial charge on any atom is -0.438 e. The third-order valence-electron chi connectivity index (χ3n) is 5.96. The van der Waals surface area contributed by atoms with Gasteiger partial charge in [-0.25, -0.2) is 0 Å². The van der Waals surface area contributed by atoms with E-state index in [0.717, 1.165) is 16.7 Å². The summed E-state index contributed by atoms with van der Waals surface area (Å²) in [5.74, 6) is -0.144. The fraction of sp³-hybridized carbons (Fsp3) is 0.200. The van der Waals surface area contributed by atoms with Crippen molar-refractivity contribution in [1.29, 1.82) is 5.26 Å². The van der Waals surface area contributed by atoms with Crippen LogP contribution in [0.2, 0.25) is 0 Å². The van der Waals surface area contributed by atoms with Crippen molar-refractivity contribution in [1.82, 2.24) is 9.38 Å². The van der Waals surface area contributed by atoms with Crippen molar-refractivity contribution < 1.29 is 9.53 Å². The Morgan fingerprint density at radius 1 is 1.08 bits per heavy atom. The van der Waals surface area contributed by atoms with Gasteiger partial charge >= 0.3 is 0 Å². The molecule has 0 aliphatic heterocycles. The third-order valence-corrected chi connectivity index (χ3v) is 5.96. The molecule has 1 amide bonds. The fourth-order valence-corrected chi connectivity index (χ4v) is 3.77. The number of aryl methyl sites for hydroxylation is 2. The fourth-order valence-electron chi connectivity index (χ4n) is 3.77. The highest BCUT2D eigenvalue weighted by Crippen LogP contribution is 2.28.